The first kappa shape index (κ1) is 8.60. The van der Waals surface area contributed by atoms with Crippen molar-refractivity contribution in [1.29, 1.82) is 0 Å². The molecule has 0 aliphatic carbocycles. The van der Waals surface area contributed by atoms with Gasteiger partial charge in [-0.1, -0.05) is 6.92 Å². The van der Waals surface area contributed by atoms with Gasteiger partial charge in [0.15, 0.2) is 0 Å². The number of hydrogen-bond acceptors (Lipinski definition) is 1. The van der Waals surface area contributed by atoms with Crippen LogP contribution in [-0.2, 0) is 6.54 Å². The summed E-state index contributed by atoms with van der Waals surface area (Å²) in [7, 11) is 0. The van der Waals surface area contributed by atoms with Gasteiger partial charge in [0.25, 0.3) is 0 Å². The van der Waals surface area contributed by atoms with E-state index in [0.29, 0.717) is 11.8 Å². The molecule has 0 fully saturated rings. The van der Waals surface area contributed by atoms with E-state index in [9.17, 15) is 0 Å². The van der Waals surface area contributed by atoms with E-state index in [4.69, 9.17) is 11.6 Å². The molecule has 0 N–H and O–H groups in total. The van der Waals surface area contributed by atoms with Crippen LogP contribution in [0.1, 0.15) is 12.5 Å². The molecule has 1 unspecified atom stereocenters. The number of hydrogen-bond donors (Lipinski definition) is 0. The average molecular weight is 173 g/mol. The van der Waals surface area contributed by atoms with Crippen molar-refractivity contribution in [2.75, 3.05) is 5.88 Å². The highest BCUT2D eigenvalue weighted by Crippen LogP contribution is 2.03. The van der Waals surface area contributed by atoms with E-state index in [1.54, 1.807) is 0 Å². The van der Waals surface area contributed by atoms with Gasteiger partial charge in [0.1, 0.15) is 0 Å². The van der Waals surface area contributed by atoms with Gasteiger partial charge in [0.2, 0.25) is 0 Å². The smallest absolute Gasteiger partial charge is 0.0518 e. The molecular weight excluding hydrogens is 160 g/mol. The lowest BCUT2D eigenvalue weighted by Crippen LogP contribution is -2.08. The van der Waals surface area contributed by atoms with Crippen molar-refractivity contribution in [3.05, 3.63) is 18.0 Å². The predicted molar refractivity (Wildman–Crippen MR) is 46.8 cm³/mol. The highest BCUT2D eigenvalue weighted by atomic mass is 35.5. The summed E-state index contributed by atoms with van der Waals surface area (Å²) in [5, 5.41) is 4.16. The zero-order valence-corrected chi connectivity index (χ0v) is 7.67. The van der Waals surface area contributed by atoms with Crippen LogP contribution in [0.3, 0.4) is 0 Å². The zero-order chi connectivity index (χ0) is 8.27. The third-order valence-electron chi connectivity index (χ3n) is 1.52. The van der Waals surface area contributed by atoms with Crippen LogP contribution in [0.5, 0.6) is 0 Å². The molecule has 0 spiro atoms. The second kappa shape index (κ2) is 3.77. The molecule has 1 heterocycles. The van der Waals surface area contributed by atoms with Gasteiger partial charge < -0.3 is 0 Å². The molecule has 0 bridgehead atoms. The molecule has 0 saturated heterocycles. The molecule has 0 aromatic carbocycles. The topological polar surface area (TPSA) is 17.8 Å². The SMILES string of the molecule is Cc1cnn(CC(C)CCl)c1. The highest BCUT2D eigenvalue weighted by molar-refractivity contribution is 6.18. The number of halogens is 1. The fourth-order valence-corrected chi connectivity index (χ4v) is 1.03. The maximum Gasteiger partial charge on any atom is 0.0518 e. The summed E-state index contributed by atoms with van der Waals surface area (Å²) < 4.78 is 1.93. The summed E-state index contributed by atoms with van der Waals surface area (Å²) in [6.45, 7) is 5.07. The number of aryl methyl sites for hydroxylation is 1. The van der Waals surface area contributed by atoms with E-state index in [1.807, 2.05) is 24.0 Å². The van der Waals surface area contributed by atoms with Crippen LogP contribution in [0.2, 0.25) is 0 Å². The van der Waals surface area contributed by atoms with Crippen molar-refractivity contribution in [3.8, 4) is 0 Å². The van der Waals surface area contributed by atoms with Crippen molar-refractivity contribution in [3.63, 3.8) is 0 Å². The van der Waals surface area contributed by atoms with Gasteiger partial charge in [0.05, 0.1) is 6.20 Å². The lowest BCUT2D eigenvalue weighted by molar-refractivity contribution is 0.487. The van der Waals surface area contributed by atoms with E-state index in [0.717, 1.165) is 6.54 Å². The Morgan fingerprint density at radius 2 is 2.45 bits per heavy atom. The Kier molecular flexibility index (Phi) is 2.94. The third-order valence-corrected chi connectivity index (χ3v) is 2.05. The van der Waals surface area contributed by atoms with Gasteiger partial charge in [0, 0.05) is 18.6 Å². The van der Waals surface area contributed by atoms with Crippen LogP contribution in [-0.4, -0.2) is 15.7 Å². The van der Waals surface area contributed by atoms with Gasteiger partial charge in [-0.15, -0.1) is 11.6 Å². The van der Waals surface area contributed by atoms with Gasteiger partial charge in [-0.2, -0.15) is 5.10 Å². The molecule has 0 aliphatic heterocycles. The quantitative estimate of drug-likeness (QED) is 0.639. The first-order valence-electron chi connectivity index (χ1n) is 3.77. The Hall–Kier alpha value is -0.500. The Bertz CT molecular complexity index is 220. The van der Waals surface area contributed by atoms with E-state index in [1.165, 1.54) is 5.56 Å². The molecule has 0 saturated carbocycles. The van der Waals surface area contributed by atoms with Crippen LogP contribution in [0.25, 0.3) is 0 Å². The van der Waals surface area contributed by atoms with Crippen LogP contribution < -0.4 is 0 Å². The van der Waals surface area contributed by atoms with Crippen molar-refractivity contribution in [2.24, 2.45) is 5.92 Å². The number of alkyl halides is 1. The van der Waals surface area contributed by atoms with E-state index in [2.05, 4.69) is 12.0 Å². The lowest BCUT2D eigenvalue weighted by Gasteiger charge is -2.05. The molecule has 1 aromatic rings. The van der Waals surface area contributed by atoms with E-state index in [-0.39, 0.29) is 0 Å². The summed E-state index contributed by atoms with van der Waals surface area (Å²) in [5.74, 6) is 1.19. The first-order chi connectivity index (χ1) is 5.22. The van der Waals surface area contributed by atoms with Crippen molar-refractivity contribution < 1.29 is 0 Å². The van der Waals surface area contributed by atoms with Crippen molar-refractivity contribution in [2.45, 2.75) is 20.4 Å². The lowest BCUT2D eigenvalue weighted by atomic mass is 10.2. The molecule has 3 heteroatoms. The molecule has 2 nitrogen and oxygen atoms in total. The second-order valence-corrected chi connectivity index (χ2v) is 3.31. The Morgan fingerprint density at radius 1 is 1.73 bits per heavy atom. The minimum Gasteiger partial charge on any atom is -0.272 e. The maximum absolute atomic E-state index is 5.67. The summed E-state index contributed by atoms with van der Waals surface area (Å²) >= 11 is 5.67. The molecule has 0 radical (unpaired) electrons. The van der Waals surface area contributed by atoms with Crippen LogP contribution in [0.15, 0.2) is 12.4 Å². The fourth-order valence-electron chi connectivity index (χ4n) is 0.935. The molecule has 11 heavy (non-hydrogen) atoms. The Labute approximate surface area is 72.2 Å². The van der Waals surface area contributed by atoms with Crippen molar-refractivity contribution in [1.82, 2.24) is 9.78 Å². The molecule has 1 aromatic heterocycles. The summed E-state index contributed by atoms with van der Waals surface area (Å²) in [5.41, 5.74) is 1.20. The standard InChI is InChI=1S/C8H13ClN2/c1-7(3-9)5-11-6-8(2)4-10-11/h4,6-7H,3,5H2,1-2H3. The van der Waals surface area contributed by atoms with Gasteiger partial charge in [-0.05, 0) is 18.4 Å². The van der Waals surface area contributed by atoms with Gasteiger partial charge >= 0.3 is 0 Å². The predicted octanol–water partition coefficient (Wildman–Crippen LogP) is 2.07. The molecule has 62 valence electrons. The summed E-state index contributed by atoms with van der Waals surface area (Å²) in [4.78, 5) is 0. The monoisotopic (exact) mass is 172 g/mol. The summed E-state index contributed by atoms with van der Waals surface area (Å²) in [6, 6.07) is 0. The first-order valence-corrected chi connectivity index (χ1v) is 4.31. The molecule has 0 amide bonds. The average Bonchev–Trinajstić information content (AvgIpc) is 2.35. The number of nitrogens with zero attached hydrogens (tertiary/aromatic N) is 2. The van der Waals surface area contributed by atoms with Crippen molar-refractivity contribution >= 4 is 11.6 Å². The van der Waals surface area contributed by atoms with Crippen LogP contribution in [0, 0.1) is 12.8 Å². The van der Waals surface area contributed by atoms with Gasteiger partial charge in [-0.3, -0.25) is 4.68 Å². The zero-order valence-electron chi connectivity index (χ0n) is 6.92. The number of rotatable bonds is 3. The molecule has 1 rings (SSSR count). The minimum absolute atomic E-state index is 0.496. The Balaban J connectivity index is 2.50. The second-order valence-electron chi connectivity index (χ2n) is 3.00. The fraction of sp³-hybridized carbons (Fsp3) is 0.625. The van der Waals surface area contributed by atoms with Crippen LogP contribution in [0.4, 0.5) is 0 Å². The Morgan fingerprint density at radius 3 is 2.91 bits per heavy atom. The normalized spacial score (nSPS) is 13.4. The molecular formula is C8H13ClN2. The molecule has 0 aliphatic rings. The third kappa shape index (κ3) is 2.54. The molecule has 1 atom stereocenters. The van der Waals surface area contributed by atoms with E-state index >= 15 is 0 Å². The van der Waals surface area contributed by atoms with Gasteiger partial charge in [-0.25, -0.2) is 0 Å². The van der Waals surface area contributed by atoms with Crippen LogP contribution >= 0.6 is 11.6 Å². The summed E-state index contributed by atoms with van der Waals surface area (Å²) in [6.07, 6.45) is 3.89. The number of aromatic nitrogens is 2. The van der Waals surface area contributed by atoms with E-state index < -0.39 is 0 Å². The maximum atomic E-state index is 5.67. The minimum atomic E-state index is 0.496. The largest absolute Gasteiger partial charge is 0.272 e. The highest BCUT2D eigenvalue weighted by Gasteiger charge is 2.01.